The molecular weight excluding hydrogens is 232 g/mol. The van der Waals surface area contributed by atoms with Gasteiger partial charge in [-0.2, -0.15) is 0 Å². The molecule has 0 aromatic heterocycles. The van der Waals surface area contributed by atoms with E-state index >= 15 is 0 Å². The minimum atomic E-state index is -0.396. The SMILES string of the molecule is C[SiH](C)CCCN.C[SiH](C)CCCN=[N+]=[N-]. The lowest BCUT2D eigenvalue weighted by atomic mass is 10.5. The number of hydrogen-bond acceptors (Lipinski definition) is 2. The van der Waals surface area contributed by atoms with Crippen molar-refractivity contribution in [1.29, 1.82) is 0 Å². The summed E-state index contributed by atoms with van der Waals surface area (Å²) in [7, 11) is -0.665. The first-order valence-electron chi connectivity index (χ1n) is 6.25. The topological polar surface area (TPSA) is 74.8 Å². The van der Waals surface area contributed by atoms with Gasteiger partial charge in [0.25, 0.3) is 0 Å². The Balaban J connectivity index is 0. The van der Waals surface area contributed by atoms with E-state index in [1.165, 1.54) is 18.5 Å². The first kappa shape index (κ1) is 18.1. The summed E-state index contributed by atoms with van der Waals surface area (Å²) in [5, 5.41) is 3.45. The maximum Gasteiger partial charge on any atom is 0.0306 e. The zero-order chi connectivity index (χ0) is 12.8. The van der Waals surface area contributed by atoms with Gasteiger partial charge in [0.15, 0.2) is 0 Å². The Morgan fingerprint density at radius 1 is 1.06 bits per heavy atom. The van der Waals surface area contributed by atoms with Crippen LogP contribution in [0.25, 0.3) is 10.4 Å². The third kappa shape index (κ3) is 23.5. The molecular formula is C10H28N4Si2. The van der Waals surface area contributed by atoms with Gasteiger partial charge in [0, 0.05) is 29.0 Å². The van der Waals surface area contributed by atoms with E-state index in [0.717, 1.165) is 13.0 Å². The van der Waals surface area contributed by atoms with E-state index in [-0.39, 0.29) is 8.80 Å². The second-order valence-corrected chi connectivity index (χ2v) is 11.5. The van der Waals surface area contributed by atoms with Crippen molar-refractivity contribution in [2.24, 2.45) is 10.8 Å². The Bertz CT molecular complexity index is 180. The normalized spacial score (nSPS) is 9.69. The highest BCUT2D eigenvalue weighted by Gasteiger charge is 1.92. The van der Waals surface area contributed by atoms with Crippen LogP contribution in [0, 0.1) is 0 Å². The van der Waals surface area contributed by atoms with E-state index in [9.17, 15) is 0 Å². The zero-order valence-corrected chi connectivity index (χ0v) is 13.6. The summed E-state index contributed by atoms with van der Waals surface area (Å²) in [5.74, 6) is 0. The molecule has 2 N–H and O–H groups in total. The van der Waals surface area contributed by atoms with Gasteiger partial charge in [-0.1, -0.05) is 49.8 Å². The van der Waals surface area contributed by atoms with Gasteiger partial charge in [-0.25, -0.2) is 0 Å². The largest absolute Gasteiger partial charge is 0.330 e. The second kappa shape index (κ2) is 14.7. The van der Waals surface area contributed by atoms with Crippen molar-refractivity contribution in [3.05, 3.63) is 10.4 Å². The van der Waals surface area contributed by atoms with Crippen LogP contribution in [0.3, 0.4) is 0 Å². The van der Waals surface area contributed by atoms with Crippen LogP contribution in [-0.4, -0.2) is 30.7 Å². The van der Waals surface area contributed by atoms with Gasteiger partial charge in [0.2, 0.25) is 0 Å². The quantitative estimate of drug-likeness (QED) is 0.247. The van der Waals surface area contributed by atoms with Gasteiger partial charge in [0.05, 0.1) is 0 Å². The number of rotatable bonds is 7. The maximum absolute atomic E-state index is 7.90. The van der Waals surface area contributed by atoms with Crippen molar-refractivity contribution in [2.75, 3.05) is 13.1 Å². The summed E-state index contributed by atoms with van der Waals surface area (Å²) in [6.45, 7) is 10.9. The highest BCUT2D eigenvalue weighted by Crippen LogP contribution is 1.96. The molecule has 0 aromatic rings. The fourth-order valence-electron chi connectivity index (χ4n) is 1.14. The molecule has 0 fully saturated rings. The third-order valence-electron chi connectivity index (χ3n) is 2.09. The van der Waals surface area contributed by atoms with Crippen LogP contribution in [0.5, 0.6) is 0 Å². The maximum atomic E-state index is 7.90. The third-order valence-corrected chi connectivity index (χ3v) is 5.21. The van der Waals surface area contributed by atoms with Crippen LogP contribution < -0.4 is 5.73 Å². The number of nitrogens with zero attached hydrogens (tertiary/aromatic N) is 3. The highest BCUT2D eigenvalue weighted by atomic mass is 28.3. The number of nitrogens with two attached hydrogens (primary N) is 1. The molecule has 0 amide bonds. The summed E-state index contributed by atoms with van der Waals surface area (Å²) in [5.41, 5.74) is 13.2. The van der Waals surface area contributed by atoms with Crippen LogP contribution in [0.15, 0.2) is 5.11 Å². The average molecular weight is 261 g/mol. The second-order valence-electron chi connectivity index (χ2n) is 4.82. The summed E-state index contributed by atoms with van der Waals surface area (Å²) in [4.78, 5) is 2.67. The lowest BCUT2D eigenvalue weighted by Crippen LogP contribution is -2.04. The first-order chi connectivity index (χ1) is 7.54. The van der Waals surface area contributed by atoms with Gasteiger partial charge >= 0.3 is 0 Å². The fourth-order valence-corrected chi connectivity index (χ4v) is 3.19. The van der Waals surface area contributed by atoms with Crippen molar-refractivity contribution in [1.82, 2.24) is 0 Å². The van der Waals surface area contributed by atoms with Crippen LogP contribution in [0.4, 0.5) is 0 Å². The predicted molar refractivity (Wildman–Crippen MR) is 79.7 cm³/mol. The Hall–Kier alpha value is -0.296. The van der Waals surface area contributed by atoms with Crippen LogP contribution in [0.2, 0.25) is 38.3 Å². The molecule has 0 spiro atoms. The van der Waals surface area contributed by atoms with Gasteiger partial charge in [-0.15, -0.1) is 0 Å². The highest BCUT2D eigenvalue weighted by molar-refractivity contribution is 6.55. The Labute approximate surface area is 103 Å². The van der Waals surface area contributed by atoms with Crippen molar-refractivity contribution in [3.8, 4) is 0 Å². The Kier molecular flexibility index (Phi) is 16.6. The van der Waals surface area contributed by atoms with Crippen molar-refractivity contribution >= 4 is 17.6 Å². The molecule has 0 rings (SSSR count). The Morgan fingerprint density at radius 2 is 1.56 bits per heavy atom. The molecule has 4 nitrogen and oxygen atoms in total. The molecule has 0 radical (unpaired) electrons. The van der Waals surface area contributed by atoms with Crippen molar-refractivity contribution in [3.63, 3.8) is 0 Å². The van der Waals surface area contributed by atoms with Crippen LogP contribution in [-0.2, 0) is 0 Å². The molecule has 6 heteroatoms. The van der Waals surface area contributed by atoms with Gasteiger partial charge in [-0.05, 0) is 18.5 Å². The molecule has 0 atom stereocenters. The van der Waals surface area contributed by atoms with E-state index in [2.05, 4.69) is 36.2 Å². The van der Waals surface area contributed by atoms with E-state index in [0.29, 0.717) is 6.54 Å². The molecule has 0 unspecified atom stereocenters. The monoisotopic (exact) mass is 260 g/mol. The molecule has 0 aliphatic rings. The summed E-state index contributed by atoms with van der Waals surface area (Å²) >= 11 is 0. The van der Waals surface area contributed by atoms with Gasteiger partial charge in [-0.3, -0.25) is 0 Å². The van der Waals surface area contributed by atoms with E-state index < -0.39 is 8.80 Å². The molecule has 0 saturated heterocycles. The molecule has 0 heterocycles. The standard InChI is InChI=1S/C5H13N3Si.C5H15NSi/c1-9(2)5-3-4-7-8-6;1-7(2)5-3-4-6/h9H,3-5H2,1-2H3;7H,3-6H2,1-2H3. The average Bonchev–Trinajstić information content (AvgIpc) is 2.22. The summed E-state index contributed by atoms with van der Waals surface area (Å²) < 4.78 is 0. The smallest absolute Gasteiger partial charge is 0.0306 e. The van der Waals surface area contributed by atoms with E-state index in [1.807, 2.05) is 0 Å². The first-order valence-corrected chi connectivity index (χ1v) is 12.5. The summed E-state index contributed by atoms with van der Waals surface area (Å²) in [6, 6.07) is 2.70. The van der Waals surface area contributed by atoms with E-state index in [4.69, 9.17) is 11.3 Å². The molecule has 0 bridgehead atoms. The molecule has 0 aromatic carbocycles. The van der Waals surface area contributed by atoms with E-state index in [1.54, 1.807) is 0 Å². The Morgan fingerprint density at radius 3 is 1.88 bits per heavy atom. The zero-order valence-electron chi connectivity index (χ0n) is 11.3. The minimum Gasteiger partial charge on any atom is -0.330 e. The fraction of sp³-hybridized carbons (Fsp3) is 1.00. The lowest BCUT2D eigenvalue weighted by molar-refractivity contribution is 0.910. The van der Waals surface area contributed by atoms with Gasteiger partial charge < -0.3 is 5.73 Å². The van der Waals surface area contributed by atoms with Crippen LogP contribution in [0.1, 0.15) is 12.8 Å². The van der Waals surface area contributed by atoms with Crippen LogP contribution >= 0.6 is 0 Å². The lowest BCUT2D eigenvalue weighted by Gasteiger charge is -1.97. The molecule has 0 aliphatic carbocycles. The predicted octanol–water partition coefficient (Wildman–Crippen LogP) is 3.00. The van der Waals surface area contributed by atoms with Crippen molar-refractivity contribution in [2.45, 2.75) is 51.1 Å². The van der Waals surface area contributed by atoms with Gasteiger partial charge in [0.1, 0.15) is 0 Å². The summed E-state index contributed by atoms with van der Waals surface area (Å²) in [6.07, 6.45) is 2.32. The molecule has 0 saturated carbocycles. The number of azide groups is 1. The van der Waals surface area contributed by atoms with Crippen molar-refractivity contribution < 1.29 is 0 Å². The molecule has 16 heavy (non-hydrogen) atoms. The number of hydrogen-bond donors (Lipinski definition) is 1. The minimum absolute atomic E-state index is 0.268. The molecule has 0 aliphatic heterocycles. The molecule has 96 valence electrons.